The van der Waals surface area contributed by atoms with Crippen molar-refractivity contribution in [3.05, 3.63) is 254 Å². The Balaban J connectivity index is 1.02. The lowest BCUT2D eigenvalue weighted by Crippen LogP contribution is -2.28. The maximum atomic E-state index is 3.51. The van der Waals surface area contributed by atoms with Gasteiger partial charge in [-0.3, -0.25) is 0 Å². The van der Waals surface area contributed by atoms with Gasteiger partial charge in [-0.1, -0.05) is 133 Å². The van der Waals surface area contributed by atoms with Crippen molar-refractivity contribution in [2.75, 3.05) is 9.80 Å². The predicted octanol–water partition coefficient (Wildman–Crippen LogP) is 12.6. The van der Waals surface area contributed by atoms with Crippen LogP contribution in [0.1, 0.15) is 11.5 Å². The van der Waals surface area contributed by atoms with Gasteiger partial charge in [0.1, 0.15) is 0 Å². The summed E-state index contributed by atoms with van der Waals surface area (Å²) in [6.45, 7) is 0. The molecule has 0 N–H and O–H groups in total. The molecule has 0 aromatic heterocycles. The summed E-state index contributed by atoms with van der Waals surface area (Å²) in [4.78, 5) is 4.87. The van der Waals surface area contributed by atoms with Gasteiger partial charge in [-0.25, -0.2) is 0 Å². The molecular formula is C54H34N2. The number of rotatable bonds is 5. The molecule has 2 heteroatoms. The van der Waals surface area contributed by atoms with E-state index in [-0.39, 0.29) is 6.04 Å². The summed E-state index contributed by atoms with van der Waals surface area (Å²) in [5.41, 5.74) is 12.2. The highest BCUT2D eigenvalue weighted by Crippen LogP contribution is 2.49. The fourth-order valence-corrected chi connectivity index (χ4v) is 9.73. The van der Waals surface area contributed by atoms with Crippen LogP contribution in [-0.4, -0.2) is 6.04 Å². The predicted molar refractivity (Wildman–Crippen MR) is 227 cm³/mol. The molecule has 2 nitrogen and oxygen atoms in total. The molecule has 0 fully saturated rings. The molecule has 260 valence electrons. The first kappa shape index (κ1) is 31.1. The molecule has 0 radical (unpaired) electrons. The number of anilines is 5. The van der Waals surface area contributed by atoms with E-state index in [1.807, 2.05) is 6.07 Å². The summed E-state index contributed by atoms with van der Waals surface area (Å²) in [6.07, 6.45) is 9.07. The SMILES string of the molecule is c1ccc2c(c#1)=c1cccc3c1=c1cc(N(c4ccccc4)c4ccc(-c5ccc6c(c5)C5C=CC=CC5N6c5ccccc5)cc4)ccc1=c1cccc-3c1=2. The number of allylic oxidation sites excluding steroid dienone is 2. The number of fused-ring (bicyclic) bond motifs is 5. The van der Waals surface area contributed by atoms with Crippen LogP contribution in [0, 0.1) is 53.9 Å². The lowest BCUT2D eigenvalue weighted by Gasteiger charge is -2.28. The second-order valence-electron chi connectivity index (χ2n) is 15.1. The van der Waals surface area contributed by atoms with Gasteiger partial charge in [0, 0.05) is 39.6 Å². The topological polar surface area (TPSA) is 6.48 Å². The Hall–Kier alpha value is -7.34. The maximum Gasteiger partial charge on any atom is 0.0629 e. The first-order valence-electron chi connectivity index (χ1n) is 19.4. The van der Waals surface area contributed by atoms with Gasteiger partial charge in [0.2, 0.25) is 0 Å². The number of para-hydroxylation sites is 2. The third kappa shape index (κ3) is 4.52. The lowest BCUT2D eigenvalue weighted by atomic mass is 9.89. The number of hydrogen-bond donors (Lipinski definition) is 0. The molecule has 0 spiro atoms. The number of benzene rings is 7. The van der Waals surface area contributed by atoms with Crippen LogP contribution in [0.5, 0.6) is 0 Å². The Labute approximate surface area is 324 Å². The standard InChI is InChI=1S/C54H34N2/c1-3-13-37(14-4-1)55(39-28-25-35(26-29-39)36-27-32-52-49(33-36)43-18-9-10-24-51(43)56(52)38-15-5-2-6-16-38)40-30-31-42-46-21-12-22-47-48-23-11-20-45(54(48)50(42)34-40)41-17-7-8-19-44(41)53(46)47/h1-6,8-16,18-34,43,51H. The molecule has 0 saturated heterocycles. The monoisotopic (exact) mass is 710 g/mol. The Morgan fingerprint density at radius 1 is 0.482 bits per heavy atom. The molecule has 2 unspecified atom stereocenters. The highest BCUT2D eigenvalue weighted by Gasteiger charge is 2.37. The first-order chi connectivity index (χ1) is 27.8. The molecule has 3 aliphatic carbocycles. The average Bonchev–Trinajstić information content (AvgIpc) is 3.54. The second kappa shape index (κ2) is 12.1. The van der Waals surface area contributed by atoms with E-state index in [4.69, 9.17) is 0 Å². The Morgan fingerprint density at radius 2 is 1.18 bits per heavy atom. The van der Waals surface area contributed by atoms with Gasteiger partial charge in [-0.15, -0.1) is 0 Å². The molecule has 56 heavy (non-hydrogen) atoms. The zero-order valence-corrected chi connectivity index (χ0v) is 30.5. The van der Waals surface area contributed by atoms with E-state index in [1.165, 1.54) is 75.7 Å². The van der Waals surface area contributed by atoms with Crippen molar-refractivity contribution in [2.45, 2.75) is 12.0 Å². The smallest absolute Gasteiger partial charge is 0.0629 e. The molecule has 1 heterocycles. The molecule has 4 aliphatic rings. The van der Waals surface area contributed by atoms with Crippen LogP contribution in [0.15, 0.2) is 194 Å². The molecule has 6 bridgehead atoms. The highest BCUT2D eigenvalue weighted by atomic mass is 15.2. The average molecular weight is 711 g/mol. The minimum absolute atomic E-state index is 0.272. The third-order valence-electron chi connectivity index (χ3n) is 12.1. The quantitative estimate of drug-likeness (QED) is 0.175. The van der Waals surface area contributed by atoms with Crippen LogP contribution in [0.25, 0.3) is 22.3 Å². The van der Waals surface area contributed by atoms with Crippen molar-refractivity contribution < 1.29 is 0 Å². The van der Waals surface area contributed by atoms with E-state index in [0.717, 1.165) is 22.3 Å². The fourth-order valence-electron chi connectivity index (χ4n) is 9.73. The summed E-state index contributed by atoms with van der Waals surface area (Å²) in [5.74, 6) is 0.310. The highest BCUT2D eigenvalue weighted by molar-refractivity contribution is 5.82. The molecule has 12 rings (SSSR count). The van der Waals surface area contributed by atoms with Crippen LogP contribution in [0.4, 0.5) is 28.4 Å². The molecular weight excluding hydrogens is 677 g/mol. The van der Waals surface area contributed by atoms with E-state index in [0.29, 0.717) is 5.92 Å². The molecule has 0 amide bonds. The summed E-state index contributed by atoms with van der Waals surface area (Å²) < 4.78 is 0. The summed E-state index contributed by atoms with van der Waals surface area (Å²) in [7, 11) is 0. The molecule has 0 saturated carbocycles. The second-order valence-corrected chi connectivity index (χ2v) is 15.1. The van der Waals surface area contributed by atoms with Crippen molar-refractivity contribution in [3.8, 4) is 22.3 Å². The molecule has 1 aliphatic heterocycles. The number of hydrogen-bond acceptors (Lipinski definition) is 2. The Kier molecular flexibility index (Phi) is 6.70. The summed E-state index contributed by atoms with van der Waals surface area (Å²) in [6, 6.07) is 69.4. The number of nitrogens with zero attached hydrogens (tertiary/aromatic N) is 2. The first-order valence-corrected chi connectivity index (χ1v) is 19.4. The summed E-state index contributed by atoms with van der Waals surface area (Å²) in [5, 5.41) is 9.84. The minimum atomic E-state index is 0.272. The van der Waals surface area contributed by atoms with Crippen molar-refractivity contribution in [1.29, 1.82) is 0 Å². The van der Waals surface area contributed by atoms with E-state index < -0.39 is 0 Å². The van der Waals surface area contributed by atoms with E-state index in [1.54, 1.807) is 0 Å². The fraction of sp³-hybridized carbons (Fsp3) is 0.0370. The van der Waals surface area contributed by atoms with Gasteiger partial charge >= 0.3 is 0 Å². The summed E-state index contributed by atoms with van der Waals surface area (Å²) >= 11 is 0. The van der Waals surface area contributed by atoms with Crippen molar-refractivity contribution in [3.63, 3.8) is 0 Å². The van der Waals surface area contributed by atoms with Gasteiger partial charge in [-0.05, 0) is 137 Å². The van der Waals surface area contributed by atoms with Crippen LogP contribution in [-0.2, 0) is 0 Å². The molecule has 2 atom stereocenters. The van der Waals surface area contributed by atoms with Crippen molar-refractivity contribution in [2.24, 2.45) is 0 Å². The maximum absolute atomic E-state index is 3.51. The van der Waals surface area contributed by atoms with Gasteiger partial charge in [-0.2, -0.15) is 0 Å². The molecule has 8 aromatic carbocycles. The van der Waals surface area contributed by atoms with Gasteiger partial charge in [0.05, 0.1) is 6.04 Å². The normalized spacial score (nSPS) is 15.9. The van der Waals surface area contributed by atoms with Gasteiger partial charge in [0.25, 0.3) is 0 Å². The Morgan fingerprint density at radius 3 is 2.00 bits per heavy atom. The van der Waals surface area contributed by atoms with Crippen molar-refractivity contribution >= 4 is 28.4 Å². The van der Waals surface area contributed by atoms with Gasteiger partial charge < -0.3 is 9.80 Å². The van der Waals surface area contributed by atoms with Gasteiger partial charge in [0.15, 0.2) is 0 Å². The lowest BCUT2D eigenvalue weighted by molar-refractivity contribution is 0.745. The third-order valence-corrected chi connectivity index (χ3v) is 12.1. The van der Waals surface area contributed by atoms with Crippen LogP contribution in [0.2, 0.25) is 0 Å². The van der Waals surface area contributed by atoms with Crippen molar-refractivity contribution in [1.82, 2.24) is 0 Å². The zero-order chi connectivity index (χ0) is 36.7. The molecule has 8 aromatic rings. The van der Waals surface area contributed by atoms with E-state index in [9.17, 15) is 0 Å². The van der Waals surface area contributed by atoms with Crippen LogP contribution >= 0.6 is 0 Å². The zero-order valence-electron chi connectivity index (χ0n) is 30.5. The largest absolute Gasteiger partial charge is 0.333 e. The Bertz CT molecular complexity index is 3370. The van der Waals surface area contributed by atoms with E-state index >= 15 is 0 Å². The minimum Gasteiger partial charge on any atom is -0.333 e. The van der Waals surface area contributed by atoms with Crippen LogP contribution in [0.3, 0.4) is 0 Å². The van der Waals surface area contributed by atoms with Crippen LogP contribution < -0.4 is 9.80 Å². The van der Waals surface area contributed by atoms with E-state index in [2.05, 4.69) is 210 Å².